The molecule has 32 heavy (non-hydrogen) atoms. The first-order chi connectivity index (χ1) is 15.4. The zero-order chi connectivity index (χ0) is 23.1. The van der Waals surface area contributed by atoms with E-state index >= 15 is 0 Å². The van der Waals surface area contributed by atoms with Gasteiger partial charge >= 0.3 is 0 Å². The van der Waals surface area contributed by atoms with Crippen molar-refractivity contribution in [2.24, 2.45) is 0 Å². The molecule has 0 radical (unpaired) electrons. The fourth-order valence-corrected chi connectivity index (χ4v) is 3.49. The fourth-order valence-electron chi connectivity index (χ4n) is 3.49. The van der Waals surface area contributed by atoms with Crippen LogP contribution in [0.1, 0.15) is 12.0 Å². The topological polar surface area (TPSA) is 105 Å². The van der Waals surface area contributed by atoms with E-state index in [2.05, 4.69) is 10.2 Å². The minimum absolute atomic E-state index is 0.00762. The molecule has 170 valence electrons. The Morgan fingerprint density at radius 2 is 1.81 bits per heavy atom. The van der Waals surface area contributed by atoms with Crippen molar-refractivity contribution in [3.05, 3.63) is 64.0 Å². The van der Waals surface area contributed by atoms with Gasteiger partial charge in [0, 0.05) is 51.3 Å². The smallest absolute Gasteiger partial charge is 0.271 e. The van der Waals surface area contributed by atoms with E-state index in [1.54, 1.807) is 17.0 Å². The molecule has 1 fully saturated rings. The number of nitro benzene ring substituents is 1. The number of carbonyl (C=O) groups is 2. The number of carbonyl (C=O) groups excluding carboxylic acids is 2. The predicted molar refractivity (Wildman–Crippen MR) is 116 cm³/mol. The molecule has 2 aromatic carbocycles. The highest BCUT2D eigenvalue weighted by atomic mass is 19.1. The number of hydrogen-bond acceptors (Lipinski definition) is 6. The van der Waals surface area contributed by atoms with Crippen LogP contribution in [0.5, 0.6) is 5.75 Å². The van der Waals surface area contributed by atoms with E-state index in [4.69, 9.17) is 4.74 Å². The molecule has 1 N–H and O–H groups in total. The number of halogens is 1. The van der Waals surface area contributed by atoms with Crippen LogP contribution in [0.4, 0.5) is 15.8 Å². The van der Waals surface area contributed by atoms with Crippen LogP contribution in [0.15, 0.2) is 42.5 Å². The summed E-state index contributed by atoms with van der Waals surface area (Å²) in [5.74, 6) is -0.273. The van der Waals surface area contributed by atoms with Crippen molar-refractivity contribution in [3.63, 3.8) is 0 Å². The quantitative estimate of drug-likeness (QED) is 0.495. The third kappa shape index (κ3) is 6.24. The molecule has 2 amide bonds. The molecule has 0 aromatic heterocycles. The van der Waals surface area contributed by atoms with Gasteiger partial charge in [-0.1, -0.05) is 12.1 Å². The Morgan fingerprint density at radius 3 is 2.44 bits per heavy atom. The summed E-state index contributed by atoms with van der Waals surface area (Å²) in [6.45, 7) is 2.90. The molecule has 0 bridgehead atoms. The van der Waals surface area contributed by atoms with Crippen molar-refractivity contribution in [1.82, 2.24) is 9.80 Å². The monoisotopic (exact) mass is 444 g/mol. The maximum atomic E-state index is 13.0. The minimum atomic E-state index is -0.536. The number of nitrogens with zero attached hydrogens (tertiary/aromatic N) is 3. The molecule has 3 rings (SSSR count). The Kier molecular flexibility index (Phi) is 7.72. The SMILES string of the molecule is COc1ccc([N+](=O)[O-])cc1NC(=O)CCN1CCN(C(=O)Cc2ccc(F)cc2)CC1. The molecular weight excluding hydrogens is 419 g/mol. The summed E-state index contributed by atoms with van der Waals surface area (Å²) in [7, 11) is 1.42. The molecule has 1 aliphatic heterocycles. The van der Waals surface area contributed by atoms with Crippen LogP contribution >= 0.6 is 0 Å². The lowest BCUT2D eigenvalue weighted by molar-refractivity contribution is -0.384. The average molecular weight is 444 g/mol. The van der Waals surface area contributed by atoms with Gasteiger partial charge in [0.2, 0.25) is 11.8 Å². The maximum absolute atomic E-state index is 13.0. The second-order valence-corrected chi connectivity index (χ2v) is 7.47. The lowest BCUT2D eigenvalue weighted by Crippen LogP contribution is -2.49. The Bertz CT molecular complexity index is 975. The third-order valence-corrected chi connectivity index (χ3v) is 5.32. The van der Waals surface area contributed by atoms with E-state index in [1.807, 2.05) is 0 Å². The second kappa shape index (κ2) is 10.7. The molecule has 0 saturated carbocycles. The number of amides is 2. The molecule has 0 unspecified atom stereocenters. The highest BCUT2D eigenvalue weighted by molar-refractivity contribution is 5.92. The first-order valence-corrected chi connectivity index (χ1v) is 10.2. The summed E-state index contributed by atoms with van der Waals surface area (Å²) in [5, 5.41) is 13.6. The first-order valence-electron chi connectivity index (χ1n) is 10.2. The number of nitrogens with one attached hydrogen (secondary N) is 1. The lowest BCUT2D eigenvalue weighted by atomic mass is 10.1. The highest BCUT2D eigenvalue weighted by Crippen LogP contribution is 2.29. The highest BCUT2D eigenvalue weighted by Gasteiger charge is 2.22. The Labute approximate surface area is 184 Å². The van der Waals surface area contributed by atoms with E-state index < -0.39 is 4.92 Å². The summed E-state index contributed by atoms with van der Waals surface area (Å²) in [6.07, 6.45) is 0.434. The van der Waals surface area contributed by atoms with Crippen molar-refractivity contribution in [1.29, 1.82) is 0 Å². The number of ether oxygens (including phenoxy) is 1. The molecule has 10 heteroatoms. The number of anilines is 1. The van der Waals surface area contributed by atoms with Gasteiger partial charge in [0.1, 0.15) is 11.6 Å². The number of methoxy groups -OCH3 is 1. The largest absolute Gasteiger partial charge is 0.495 e. The van der Waals surface area contributed by atoms with Crippen LogP contribution < -0.4 is 10.1 Å². The zero-order valence-electron chi connectivity index (χ0n) is 17.8. The van der Waals surface area contributed by atoms with E-state index in [0.717, 1.165) is 5.56 Å². The molecule has 0 aliphatic carbocycles. The lowest BCUT2D eigenvalue weighted by Gasteiger charge is -2.34. The number of piperazine rings is 1. The van der Waals surface area contributed by atoms with Crippen LogP contribution in [0.25, 0.3) is 0 Å². The molecular formula is C22H25FN4O5. The van der Waals surface area contributed by atoms with E-state index in [-0.39, 0.29) is 41.8 Å². The van der Waals surface area contributed by atoms with E-state index in [0.29, 0.717) is 38.5 Å². The molecule has 0 atom stereocenters. The van der Waals surface area contributed by atoms with Gasteiger partial charge in [-0.25, -0.2) is 4.39 Å². The molecule has 0 spiro atoms. The fraction of sp³-hybridized carbons (Fsp3) is 0.364. The molecule has 1 aliphatic rings. The summed E-state index contributed by atoms with van der Waals surface area (Å²) < 4.78 is 18.2. The van der Waals surface area contributed by atoms with Crippen LogP contribution in [0.2, 0.25) is 0 Å². The molecule has 2 aromatic rings. The van der Waals surface area contributed by atoms with Gasteiger partial charge in [0.15, 0.2) is 0 Å². The first kappa shape index (κ1) is 23.1. The Balaban J connectivity index is 1.44. The average Bonchev–Trinajstić information content (AvgIpc) is 2.79. The molecule has 1 saturated heterocycles. The summed E-state index contributed by atoms with van der Waals surface area (Å²) in [5.41, 5.74) is 0.887. The summed E-state index contributed by atoms with van der Waals surface area (Å²) in [6, 6.07) is 9.92. The summed E-state index contributed by atoms with van der Waals surface area (Å²) >= 11 is 0. The van der Waals surface area contributed by atoms with Crippen molar-refractivity contribution >= 4 is 23.2 Å². The number of rotatable bonds is 8. The van der Waals surface area contributed by atoms with Crippen LogP contribution in [-0.2, 0) is 16.0 Å². The van der Waals surface area contributed by atoms with Gasteiger partial charge in [0.05, 0.1) is 24.1 Å². The van der Waals surface area contributed by atoms with Gasteiger partial charge in [0.25, 0.3) is 5.69 Å². The van der Waals surface area contributed by atoms with E-state index in [9.17, 15) is 24.1 Å². The number of hydrogen-bond donors (Lipinski definition) is 1. The van der Waals surface area contributed by atoms with Crippen LogP contribution in [0.3, 0.4) is 0 Å². The van der Waals surface area contributed by atoms with Crippen molar-refractivity contribution < 1.29 is 23.6 Å². The molecule has 1 heterocycles. The van der Waals surface area contributed by atoms with Gasteiger partial charge in [-0.05, 0) is 23.8 Å². The van der Waals surface area contributed by atoms with Gasteiger partial charge in [-0.3, -0.25) is 24.6 Å². The zero-order valence-corrected chi connectivity index (χ0v) is 17.8. The number of benzene rings is 2. The normalized spacial score (nSPS) is 14.1. The third-order valence-electron chi connectivity index (χ3n) is 5.32. The Hall–Kier alpha value is -3.53. The van der Waals surface area contributed by atoms with Crippen LogP contribution in [0, 0.1) is 15.9 Å². The van der Waals surface area contributed by atoms with Gasteiger partial charge in [-0.15, -0.1) is 0 Å². The van der Waals surface area contributed by atoms with Crippen molar-refractivity contribution in [2.75, 3.05) is 45.2 Å². The van der Waals surface area contributed by atoms with Gasteiger partial charge in [-0.2, -0.15) is 0 Å². The van der Waals surface area contributed by atoms with Crippen molar-refractivity contribution in [2.45, 2.75) is 12.8 Å². The second-order valence-electron chi connectivity index (χ2n) is 7.47. The predicted octanol–water partition coefficient (Wildman–Crippen LogP) is 2.46. The number of nitro groups is 1. The maximum Gasteiger partial charge on any atom is 0.271 e. The van der Waals surface area contributed by atoms with Crippen LogP contribution in [-0.4, -0.2) is 66.4 Å². The standard InChI is InChI=1S/C22H25FN4O5/c1-32-20-7-6-18(27(30)31)15-19(20)24-21(28)8-9-25-10-12-26(13-11-25)22(29)14-16-2-4-17(23)5-3-16/h2-7,15H,8-14H2,1H3,(H,24,28). The summed E-state index contributed by atoms with van der Waals surface area (Å²) in [4.78, 5) is 39.1. The number of non-ortho nitro benzene ring substituents is 1. The van der Waals surface area contributed by atoms with Gasteiger partial charge < -0.3 is 15.0 Å². The minimum Gasteiger partial charge on any atom is -0.495 e. The molecule has 9 nitrogen and oxygen atoms in total. The van der Waals surface area contributed by atoms with Crippen molar-refractivity contribution in [3.8, 4) is 5.75 Å². The Morgan fingerprint density at radius 1 is 1.12 bits per heavy atom. The van der Waals surface area contributed by atoms with E-state index in [1.165, 1.54) is 37.4 Å².